The van der Waals surface area contributed by atoms with E-state index in [1.165, 1.54) is 0 Å². The van der Waals surface area contributed by atoms with E-state index in [1.54, 1.807) is 13.0 Å². The van der Waals surface area contributed by atoms with E-state index >= 15 is 0 Å². The fourth-order valence-electron chi connectivity index (χ4n) is 1.22. The Morgan fingerprint density at radius 3 is 2.64 bits per heavy atom. The number of carboxylic acid groups (broad SMARTS) is 1. The second-order valence-electron chi connectivity index (χ2n) is 3.98. The van der Waals surface area contributed by atoms with Crippen molar-refractivity contribution in [3.05, 3.63) is 11.6 Å². The highest BCUT2D eigenvalue weighted by atomic mass is 16.4. The number of aliphatic hydroxyl groups excluding tert-OH is 1. The lowest BCUT2D eigenvalue weighted by Gasteiger charge is -2.11. The summed E-state index contributed by atoms with van der Waals surface area (Å²) >= 11 is 0. The van der Waals surface area contributed by atoms with E-state index in [1.807, 2.05) is 0 Å². The van der Waals surface area contributed by atoms with Crippen LogP contribution in [0.2, 0.25) is 0 Å². The van der Waals surface area contributed by atoms with Crippen LogP contribution in [0.15, 0.2) is 11.6 Å². The summed E-state index contributed by atoms with van der Waals surface area (Å²) in [5.74, 6) is -0.880. The summed E-state index contributed by atoms with van der Waals surface area (Å²) < 4.78 is 0. The van der Waals surface area contributed by atoms with Crippen LogP contribution < -0.4 is 5.32 Å². The van der Waals surface area contributed by atoms with Gasteiger partial charge in [-0.1, -0.05) is 6.08 Å². The molecule has 0 amide bonds. The van der Waals surface area contributed by atoms with Crippen molar-refractivity contribution in [3.63, 3.8) is 0 Å². The third-order valence-electron chi connectivity index (χ3n) is 2.68. The zero-order valence-electron chi connectivity index (χ0n) is 8.42. The zero-order valence-corrected chi connectivity index (χ0v) is 8.42. The summed E-state index contributed by atoms with van der Waals surface area (Å²) in [7, 11) is 0. The topological polar surface area (TPSA) is 69.6 Å². The number of carboxylic acids is 1. The summed E-state index contributed by atoms with van der Waals surface area (Å²) in [6.07, 6.45) is 3.78. The highest BCUT2D eigenvalue weighted by Crippen LogP contribution is 2.44. The minimum atomic E-state index is -0.880. The molecule has 80 valence electrons. The molecule has 4 nitrogen and oxygen atoms in total. The fourth-order valence-corrected chi connectivity index (χ4v) is 1.22. The monoisotopic (exact) mass is 199 g/mol. The maximum atomic E-state index is 10.4. The van der Waals surface area contributed by atoms with Gasteiger partial charge in [0.15, 0.2) is 0 Å². The summed E-state index contributed by atoms with van der Waals surface area (Å²) in [5.41, 5.74) is 0.441. The molecule has 1 aliphatic carbocycles. The first-order valence-electron chi connectivity index (χ1n) is 4.81. The van der Waals surface area contributed by atoms with Gasteiger partial charge < -0.3 is 15.5 Å². The van der Waals surface area contributed by atoms with Gasteiger partial charge in [0.25, 0.3) is 0 Å². The highest BCUT2D eigenvalue weighted by Gasteiger charge is 2.41. The molecule has 0 aromatic rings. The van der Waals surface area contributed by atoms with Crippen LogP contribution in [0.3, 0.4) is 0 Å². The fraction of sp³-hybridized carbons (Fsp3) is 0.700. The van der Waals surface area contributed by atoms with Crippen molar-refractivity contribution in [3.8, 4) is 0 Å². The minimum Gasteiger partial charge on any atom is -0.478 e. The first kappa shape index (κ1) is 11.2. The lowest BCUT2D eigenvalue weighted by Crippen LogP contribution is -2.26. The number of aliphatic hydroxyl groups is 1. The number of aliphatic carboxylic acids is 1. The first-order chi connectivity index (χ1) is 6.59. The number of rotatable bonds is 6. The van der Waals surface area contributed by atoms with Gasteiger partial charge >= 0.3 is 5.97 Å². The molecular formula is C10H17NO3. The maximum Gasteiger partial charge on any atom is 0.330 e. The summed E-state index contributed by atoms with van der Waals surface area (Å²) in [6, 6.07) is 0. The van der Waals surface area contributed by atoms with Crippen LogP contribution in [0.4, 0.5) is 0 Å². The van der Waals surface area contributed by atoms with Crippen LogP contribution in [0, 0.1) is 5.41 Å². The van der Waals surface area contributed by atoms with Crippen LogP contribution in [-0.2, 0) is 4.79 Å². The van der Waals surface area contributed by atoms with Gasteiger partial charge in [0.1, 0.15) is 0 Å². The summed E-state index contributed by atoms with van der Waals surface area (Å²) in [4.78, 5) is 10.4. The lowest BCUT2D eigenvalue weighted by molar-refractivity contribution is -0.132. The molecule has 1 fully saturated rings. The van der Waals surface area contributed by atoms with Gasteiger partial charge in [-0.2, -0.15) is 0 Å². The number of nitrogens with one attached hydrogen (secondary N) is 1. The van der Waals surface area contributed by atoms with E-state index in [4.69, 9.17) is 10.2 Å². The number of hydrogen-bond donors (Lipinski definition) is 3. The molecule has 1 rings (SSSR count). The third-order valence-corrected chi connectivity index (χ3v) is 2.68. The van der Waals surface area contributed by atoms with Gasteiger partial charge in [-0.3, -0.25) is 0 Å². The molecule has 3 N–H and O–H groups in total. The summed E-state index contributed by atoms with van der Waals surface area (Å²) in [6.45, 7) is 3.12. The Bertz CT molecular complexity index is 244. The van der Waals surface area contributed by atoms with Crippen molar-refractivity contribution in [1.29, 1.82) is 0 Å². The van der Waals surface area contributed by atoms with E-state index in [0.29, 0.717) is 12.1 Å². The van der Waals surface area contributed by atoms with Gasteiger partial charge in [-0.05, 0) is 19.8 Å². The van der Waals surface area contributed by atoms with Crippen LogP contribution >= 0.6 is 0 Å². The van der Waals surface area contributed by atoms with Crippen LogP contribution in [0.25, 0.3) is 0 Å². The van der Waals surface area contributed by atoms with Crippen molar-refractivity contribution in [2.75, 3.05) is 19.7 Å². The van der Waals surface area contributed by atoms with E-state index < -0.39 is 5.97 Å². The van der Waals surface area contributed by atoms with Crippen molar-refractivity contribution >= 4 is 5.97 Å². The van der Waals surface area contributed by atoms with Gasteiger partial charge in [-0.25, -0.2) is 4.79 Å². The lowest BCUT2D eigenvalue weighted by atomic mass is 10.1. The molecule has 14 heavy (non-hydrogen) atoms. The third kappa shape index (κ3) is 3.12. The molecular weight excluding hydrogens is 182 g/mol. The first-order valence-corrected chi connectivity index (χ1v) is 4.81. The Kier molecular flexibility index (Phi) is 3.66. The molecule has 0 aromatic heterocycles. The molecule has 0 aromatic carbocycles. The molecule has 1 aliphatic rings. The second-order valence-corrected chi connectivity index (χ2v) is 3.98. The molecule has 0 atom stereocenters. The molecule has 0 aliphatic heterocycles. The molecule has 0 saturated heterocycles. The Morgan fingerprint density at radius 1 is 1.57 bits per heavy atom. The van der Waals surface area contributed by atoms with Crippen LogP contribution in [0.5, 0.6) is 0 Å². The molecule has 0 spiro atoms. The van der Waals surface area contributed by atoms with Crippen molar-refractivity contribution in [2.24, 2.45) is 5.41 Å². The maximum absolute atomic E-state index is 10.4. The zero-order chi connectivity index (χ0) is 10.6. The molecule has 0 radical (unpaired) electrons. The van der Waals surface area contributed by atoms with E-state index in [2.05, 4.69) is 5.32 Å². The Hall–Kier alpha value is -0.870. The molecule has 4 heteroatoms. The van der Waals surface area contributed by atoms with Gasteiger partial charge in [-0.15, -0.1) is 0 Å². The quantitative estimate of drug-likeness (QED) is 0.427. The van der Waals surface area contributed by atoms with E-state index in [0.717, 1.165) is 19.4 Å². The van der Waals surface area contributed by atoms with Crippen molar-refractivity contribution in [2.45, 2.75) is 19.8 Å². The minimum absolute atomic E-state index is 0.0883. The predicted octanol–water partition coefficient (Wildman–Crippen LogP) is 0.379. The van der Waals surface area contributed by atoms with Gasteiger partial charge in [0.2, 0.25) is 0 Å². The highest BCUT2D eigenvalue weighted by molar-refractivity contribution is 5.85. The smallest absolute Gasteiger partial charge is 0.330 e. The second kappa shape index (κ2) is 4.57. The van der Waals surface area contributed by atoms with Crippen molar-refractivity contribution < 1.29 is 15.0 Å². The average molecular weight is 199 g/mol. The van der Waals surface area contributed by atoms with Gasteiger partial charge in [0.05, 0.1) is 0 Å². The molecule has 0 unspecified atom stereocenters. The molecule has 0 bridgehead atoms. The van der Waals surface area contributed by atoms with Crippen molar-refractivity contribution in [1.82, 2.24) is 5.32 Å². The van der Waals surface area contributed by atoms with Crippen LogP contribution in [0.1, 0.15) is 19.8 Å². The van der Waals surface area contributed by atoms with E-state index in [9.17, 15) is 4.79 Å². The van der Waals surface area contributed by atoms with Crippen LogP contribution in [-0.4, -0.2) is 35.9 Å². The SMILES string of the molecule is CC(=CCNCC1(CO)CC1)C(=O)O. The Morgan fingerprint density at radius 2 is 2.21 bits per heavy atom. The number of hydrogen-bond acceptors (Lipinski definition) is 3. The molecule has 1 saturated carbocycles. The summed E-state index contributed by atoms with van der Waals surface area (Å²) in [5, 5.41) is 20.7. The standard InChI is InChI=1S/C10H17NO3/c1-8(9(13)14)2-5-11-6-10(7-12)3-4-10/h2,11-12H,3-7H2,1H3,(H,13,14). The van der Waals surface area contributed by atoms with E-state index in [-0.39, 0.29) is 12.0 Å². The normalized spacial score (nSPS) is 19.4. The molecule has 0 heterocycles. The Labute approximate surface area is 83.6 Å². The predicted molar refractivity (Wildman–Crippen MR) is 53.0 cm³/mol. The Balaban J connectivity index is 2.16. The largest absolute Gasteiger partial charge is 0.478 e. The average Bonchev–Trinajstić information content (AvgIpc) is 2.93. The van der Waals surface area contributed by atoms with Gasteiger partial charge in [0, 0.05) is 30.7 Å². The number of carbonyl (C=O) groups is 1.